The van der Waals surface area contributed by atoms with E-state index in [1.807, 2.05) is 0 Å². The summed E-state index contributed by atoms with van der Waals surface area (Å²) in [6, 6.07) is 8.94. The highest BCUT2D eigenvalue weighted by molar-refractivity contribution is 9.10. The van der Waals surface area contributed by atoms with Crippen LogP contribution in [-0.4, -0.2) is 6.54 Å². The Labute approximate surface area is 142 Å². The average molecular weight is 387 g/mol. The molecule has 1 atom stereocenters. The first-order valence-electron chi connectivity index (χ1n) is 7.06. The lowest BCUT2D eigenvalue weighted by Gasteiger charge is -2.18. The van der Waals surface area contributed by atoms with Crippen molar-refractivity contribution in [2.24, 2.45) is 0 Å². The minimum absolute atomic E-state index is 0.185. The molecule has 0 aliphatic carbocycles. The van der Waals surface area contributed by atoms with Crippen LogP contribution in [0.2, 0.25) is 4.34 Å². The number of fused-ring (bicyclic) bond motifs is 1. The van der Waals surface area contributed by atoms with E-state index in [0.29, 0.717) is 0 Å². The minimum atomic E-state index is 0.185. The molecule has 2 heterocycles. The van der Waals surface area contributed by atoms with Crippen molar-refractivity contribution in [3.8, 4) is 0 Å². The van der Waals surface area contributed by atoms with Crippen LogP contribution in [0, 0.1) is 0 Å². The first-order valence-corrected chi connectivity index (χ1v) is 9.05. The number of nitrogens with one attached hydrogen (secondary N) is 1. The van der Waals surface area contributed by atoms with E-state index in [1.54, 1.807) is 11.3 Å². The molecule has 0 radical (unpaired) electrons. The highest BCUT2D eigenvalue weighted by atomic mass is 79.9. The number of hydrogen-bond acceptors (Lipinski definition) is 3. The molecule has 1 aromatic heterocycles. The van der Waals surface area contributed by atoms with Gasteiger partial charge in [-0.3, -0.25) is 0 Å². The maximum absolute atomic E-state index is 6.21. The van der Waals surface area contributed by atoms with Crippen LogP contribution in [0.3, 0.4) is 0 Å². The summed E-state index contributed by atoms with van der Waals surface area (Å²) in [6.45, 7) is 4.61. The Morgan fingerprint density at radius 3 is 2.86 bits per heavy atom. The molecule has 112 valence electrons. The van der Waals surface area contributed by atoms with E-state index in [2.05, 4.69) is 52.4 Å². The van der Waals surface area contributed by atoms with E-state index in [1.165, 1.54) is 21.6 Å². The lowest BCUT2D eigenvalue weighted by Crippen LogP contribution is -2.22. The van der Waals surface area contributed by atoms with Crippen LogP contribution in [0.1, 0.15) is 41.0 Å². The van der Waals surface area contributed by atoms with Crippen molar-refractivity contribution in [1.82, 2.24) is 5.32 Å². The van der Waals surface area contributed by atoms with E-state index in [0.717, 1.165) is 35.0 Å². The van der Waals surface area contributed by atoms with E-state index in [4.69, 9.17) is 16.3 Å². The second-order valence-corrected chi connectivity index (χ2v) is 7.72. The smallest absolute Gasteiger partial charge is 0.107 e. The van der Waals surface area contributed by atoms with E-state index < -0.39 is 0 Å². The van der Waals surface area contributed by atoms with Gasteiger partial charge in [0.2, 0.25) is 0 Å². The number of ether oxygens (including phenoxy) is 1. The quantitative estimate of drug-likeness (QED) is 0.754. The van der Waals surface area contributed by atoms with Gasteiger partial charge in [0.1, 0.15) is 4.34 Å². The fraction of sp³-hybridized carbons (Fsp3) is 0.375. The molecular formula is C16H17BrClNOS. The molecular weight excluding hydrogens is 370 g/mol. The predicted molar refractivity (Wildman–Crippen MR) is 92.1 cm³/mol. The zero-order valence-electron chi connectivity index (χ0n) is 11.8. The van der Waals surface area contributed by atoms with Crippen molar-refractivity contribution in [3.63, 3.8) is 0 Å². The Balaban J connectivity index is 1.95. The monoisotopic (exact) mass is 385 g/mol. The van der Waals surface area contributed by atoms with Gasteiger partial charge in [-0.05, 0) is 51.7 Å². The molecule has 1 aliphatic heterocycles. The lowest BCUT2D eigenvalue weighted by atomic mass is 10.00. The summed E-state index contributed by atoms with van der Waals surface area (Å²) in [5.41, 5.74) is 3.88. The van der Waals surface area contributed by atoms with Crippen molar-refractivity contribution in [2.75, 3.05) is 6.54 Å². The normalized spacial score (nSPS) is 15.2. The second-order valence-electron chi connectivity index (χ2n) is 5.18. The molecule has 0 fully saturated rings. The number of thiophene rings is 1. The Morgan fingerprint density at radius 2 is 2.14 bits per heavy atom. The van der Waals surface area contributed by atoms with Crippen LogP contribution in [0.15, 0.2) is 28.7 Å². The van der Waals surface area contributed by atoms with Crippen molar-refractivity contribution < 1.29 is 4.74 Å². The van der Waals surface area contributed by atoms with Gasteiger partial charge in [-0.1, -0.05) is 36.7 Å². The summed E-state index contributed by atoms with van der Waals surface area (Å²) in [7, 11) is 0. The minimum Gasteiger partial charge on any atom is -0.372 e. The number of halogens is 2. The van der Waals surface area contributed by atoms with Crippen molar-refractivity contribution in [1.29, 1.82) is 0 Å². The number of hydrogen-bond donors (Lipinski definition) is 1. The highest BCUT2D eigenvalue weighted by Gasteiger charge is 2.20. The van der Waals surface area contributed by atoms with Gasteiger partial charge in [0.25, 0.3) is 0 Å². The summed E-state index contributed by atoms with van der Waals surface area (Å²) in [4.78, 5) is 1.24. The Kier molecular flexibility index (Phi) is 5.02. The lowest BCUT2D eigenvalue weighted by molar-refractivity contribution is 0.134. The molecule has 0 spiro atoms. The van der Waals surface area contributed by atoms with Crippen LogP contribution in [-0.2, 0) is 18.0 Å². The Hall–Kier alpha value is -0.390. The summed E-state index contributed by atoms with van der Waals surface area (Å²) in [5, 5.41) is 3.62. The van der Waals surface area contributed by atoms with Gasteiger partial charge in [0.05, 0.1) is 19.3 Å². The molecule has 5 heteroatoms. The third-order valence-corrected chi connectivity index (χ3v) is 6.17. The highest BCUT2D eigenvalue weighted by Crippen LogP contribution is 2.38. The van der Waals surface area contributed by atoms with Gasteiger partial charge in [-0.25, -0.2) is 0 Å². The molecule has 3 rings (SSSR count). The molecule has 2 aromatic rings. The van der Waals surface area contributed by atoms with Crippen LogP contribution in [0.4, 0.5) is 0 Å². The molecule has 1 aliphatic rings. The van der Waals surface area contributed by atoms with E-state index >= 15 is 0 Å². The maximum atomic E-state index is 6.21. The van der Waals surface area contributed by atoms with Gasteiger partial charge in [-0.15, -0.1) is 11.3 Å². The third-order valence-electron chi connectivity index (χ3n) is 3.63. The van der Waals surface area contributed by atoms with Gasteiger partial charge in [-0.2, -0.15) is 0 Å². The van der Waals surface area contributed by atoms with Crippen LogP contribution < -0.4 is 5.32 Å². The Morgan fingerprint density at radius 1 is 1.33 bits per heavy atom. The molecule has 0 bridgehead atoms. The third kappa shape index (κ3) is 3.35. The first kappa shape index (κ1) is 15.5. The molecule has 21 heavy (non-hydrogen) atoms. The molecule has 0 amide bonds. The standard InChI is InChI=1S/C16H17BrClNOS/c1-2-5-19-15(14-7-13(17)16(18)21-14)10-3-4-11-8-20-9-12(11)6-10/h3-4,6-7,15,19H,2,5,8-9H2,1H3. The van der Waals surface area contributed by atoms with Crippen LogP contribution in [0.5, 0.6) is 0 Å². The number of benzene rings is 1. The molecule has 1 N–H and O–H groups in total. The molecule has 1 unspecified atom stereocenters. The zero-order valence-corrected chi connectivity index (χ0v) is 14.9. The largest absolute Gasteiger partial charge is 0.372 e. The summed E-state index contributed by atoms with van der Waals surface area (Å²) in [5.74, 6) is 0. The zero-order chi connectivity index (χ0) is 14.8. The maximum Gasteiger partial charge on any atom is 0.107 e. The first-order chi connectivity index (χ1) is 10.2. The topological polar surface area (TPSA) is 21.3 Å². The molecule has 2 nitrogen and oxygen atoms in total. The van der Waals surface area contributed by atoms with Crippen molar-refractivity contribution in [3.05, 3.63) is 54.6 Å². The summed E-state index contributed by atoms with van der Waals surface area (Å²) >= 11 is 11.3. The van der Waals surface area contributed by atoms with Gasteiger partial charge < -0.3 is 10.1 Å². The molecule has 0 saturated carbocycles. The van der Waals surface area contributed by atoms with Crippen LogP contribution in [0.25, 0.3) is 0 Å². The molecule has 0 saturated heterocycles. The van der Waals surface area contributed by atoms with Gasteiger partial charge in [0.15, 0.2) is 0 Å². The van der Waals surface area contributed by atoms with Crippen molar-refractivity contribution in [2.45, 2.75) is 32.6 Å². The predicted octanol–water partition coefficient (Wildman–Crippen LogP) is 5.28. The summed E-state index contributed by atoms with van der Waals surface area (Å²) < 4.78 is 7.29. The summed E-state index contributed by atoms with van der Waals surface area (Å²) in [6.07, 6.45) is 1.10. The fourth-order valence-electron chi connectivity index (χ4n) is 2.55. The van der Waals surface area contributed by atoms with Gasteiger partial charge >= 0.3 is 0 Å². The van der Waals surface area contributed by atoms with Gasteiger partial charge in [0, 0.05) is 9.35 Å². The Bertz CT molecular complexity index is 624. The number of rotatable bonds is 5. The van der Waals surface area contributed by atoms with Crippen molar-refractivity contribution >= 4 is 38.9 Å². The molecule has 1 aromatic carbocycles. The SMILES string of the molecule is CCCNC(c1ccc2c(c1)COC2)c1cc(Br)c(Cl)s1. The average Bonchev–Trinajstić information content (AvgIpc) is 3.06. The van der Waals surface area contributed by atoms with E-state index in [-0.39, 0.29) is 6.04 Å². The van der Waals surface area contributed by atoms with Crippen LogP contribution >= 0.6 is 38.9 Å². The second kappa shape index (κ2) is 6.80. The van der Waals surface area contributed by atoms with E-state index in [9.17, 15) is 0 Å². The fourth-order valence-corrected chi connectivity index (χ4v) is 4.39.